The Morgan fingerprint density at radius 1 is 1.33 bits per heavy atom. The van der Waals surface area contributed by atoms with E-state index in [9.17, 15) is 9.18 Å². The summed E-state index contributed by atoms with van der Waals surface area (Å²) in [6, 6.07) is 6.58. The molecule has 0 bridgehead atoms. The Bertz CT molecular complexity index is 631. The van der Waals surface area contributed by atoms with E-state index < -0.39 is 0 Å². The third-order valence-corrected chi connectivity index (χ3v) is 3.70. The first kappa shape index (κ1) is 15.6. The molecule has 1 amide bonds. The molecule has 1 aromatic heterocycles. The van der Waals surface area contributed by atoms with E-state index >= 15 is 0 Å². The first-order valence-corrected chi connectivity index (χ1v) is 7.73. The van der Waals surface area contributed by atoms with E-state index in [4.69, 9.17) is 0 Å². The third kappa shape index (κ3) is 4.63. The van der Waals surface area contributed by atoms with E-state index in [1.807, 2.05) is 26.2 Å². The standard InChI is InChI=1S/C16H19FN2OS/c1-16(2,3)19-14(20)9-8-11-10-21-15(18-11)12-6-4-5-7-13(12)17/h4-7,10H,8-9H2,1-3H3,(H,19,20). The van der Waals surface area contributed by atoms with Crippen LogP contribution in [0.15, 0.2) is 29.6 Å². The molecule has 0 unspecified atom stereocenters. The first-order chi connectivity index (χ1) is 9.85. The van der Waals surface area contributed by atoms with Crippen molar-refractivity contribution in [3.8, 4) is 10.6 Å². The van der Waals surface area contributed by atoms with Gasteiger partial charge in [-0.3, -0.25) is 4.79 Å². The van der Waals surface area contributed by atoms with Gasteiger partial charge in [-0.25, -0.2) is 9.37 Å². The lowest BCUT2D eigenvalue weighted by molar-refractivity contribution is -0.122. The summed E-state index contributed by atoms with van der Waals surface area (Å²) in [6.07, 6.45) is 0.949. The van der Waals surface area contributed by atoms with Gasteiger partial charge in [0, 0.05) is 22.9 Å². The smallest absolute Gasteiger partial charge is 0.220 e. The number of aryl methyl sites for hydroxylation is 1. The Morgan fingerprint density at radius 2 is 2.05 bits per heavy atom. The molecular formula is C16H19FN2OS. The van der Waals surface area contributed by atoms with Gasteiger partial charge >= 0.3 is 0 Å². The van der Waals surface area contributed by atoms with Crippen molar-refractivity contribution in [2.75, 3.05) is 0 Å². The molecule has 2 aromatic rings. The van der Waals surface area contributed by atoms with Gasteiger partial charge in [-0.2, -0.15) is 0 Å². The Hall–Kier alpha value is -1.75. The monoisotopic (exact) mass is 306 g/mol. The molecular weight excluding hydrogens is 287 g/mol. The molecule has 0 saturated heterocycles. The maximum Gasteiger partial charge on any atom is 0.220 e. The number of carbonyl (C=O) groups is 1. The molecule has 0 atom stereocenters. The summed E-state index contributed by atoms with van der Waals surface area (Å²) >= 11 is 1.40. The Labute approximate surface area is 128 Å². The number of carbonyl (C=O) groups excluding carboxylic acids is 1. The second-order valence-corrected chi connectivity index (χ2v) is 6.78. The second-order valence-electron chi connectivity index (χ2n) is 5.92. The molecule has 0 spiro atoms. The highest BCUT2D eigenvalue weighted by Crippen LogP contribution is 2.26. The van der Waals surface area contributed by atoms with Crippen molar-refractivity contribution < 1.29 is 9.18 Å². The highest BCUT2D eigenvalue weighted by atomic mass is 32.1. The predicted molar refractivity (Wildman–Crippen MR) is 83.7 cm³/mol. The maximum atomic E-state index is 13.7. The van der Waals surface area contributed by atoms with Crippen molar-refractivity contribution in [1.82, 2.24) is 10.3 Å². The molecule has 0 aliphatic heterocycles. The van der Waals surface area contributed by atoms with Crippen LogP contribution >= 0.6 is 11.3 Å². The number of thiazole rings is 1. The van der Waals surface area contributed by atoms with Crippen molar-refractivity contribution in [1.29, 1.82) is 0 Å². The van der Waals surface area contributed by atoms with Crippen LogP contribution in [0.2, 0.25) is 0 Å². The summed E-state index contributed by atoms with van der Waals surface area (Å²) in [5.41, 5.74) is 1.10. The summed E-state index contributed by atoms with van der Waals surface area (Å²) in [5.74, 6) is -0.271. The van der Waals surface area contributed by atoms with Crippen molar-refractivity contribution in [2.45, 2.75) is 39.2 Å². The molecule has 112 valence electrons. The van der Waals surface area contributed by atoms with Crippen LogP contribution in [-0.4, -0.2) is 16.4 Å². The second kappa shape index (κ2) is 6.35. The molecule has 1 aromatic carbocycles. The number of nitrogens with one attached hydrogen (secondary N) is 1. The van der Waals surface area contributed by atoms with Gasteiger partial charge in [0.1, 0.15) is 10.8 Å². The largest absolute Gasteiger partial charge is 0.351 e. The number of hydrogen-bond donors (Lipinski definition) is 1. The summed E-state index contributed by atoms with van der Waals surface area (Å²) < 4.78 is 13.7. The molecule has 5 heteroatoms. The number of benzene rings is 1. The molecule has 0 saturated carbocycles. The van der Waals surface area contributed by atoms with Crippen molar-refractivity contribution in [3.63, 3.8) is 0 Å². The zero-order chi connectivity index (χ0) is 15.5. The minimum atomic E-state index is -0.274. The Balaban J connectivity index is 1.98. The van der Waals surface area contributed by atoms with E-state index in [0.717, 1.165) is 5.69 Å². The van der Waals surface area contributed by atoms with E-state index in [1.165, 1.54) is 17.4 Å². The highest BCUT2D eigenvalue weighted by molar-refractivity contribution is 7.13. The van der Waals surface area contributed by atoms with Gasteiger partial charge in [-0.05, 0) is 39.3 Å². The molecule has 1 N–H and O–H groups in total. The molecule has 0 aliphatic carbocycles. The van der Waals surface area contributed by atoms with E-state index in [1.54, 1.807) is 18.2 Å². The summed E-state index contributed by atoms with van der Waals surface area (Å²) in [5, 5.41) is 5.45. The fraction of sp³-hybridized carbons (Fsp3) is 0.375. The van der Waals surface area contributed by atoms with Gasteiger partial charge in [0.2, 0.25) is 5.91 Å². The van der Waals surface area contributed by atoms with Crippen LogP contribution < -0.4 is 5.32 Å². The summed E-state index contributed by atoms with van der Waals surface area (Å²) in [4.78, 5) is 16.2. The topological polar surface area (TPSA) is 42.0 Å². The average Bonchev–Trinajstić information content (AvgIpc) is 2.83. The molecule has 21 heavy (non-hydrogen) atoms. The lowest BCUT2D eigenvalue weighted by Gasteiger charge is -2.20. The fourth-order valence-electron chi connectivity index (χ4n) is 1.90. The van der Waals surface area contributed by atoms with Crippen molar-refractivity contribution in [3.05, 3.63) is 41.2 Å². The van der Waals surface area contributed by atoms with E-state index in [2.05, 4.69) is 10.3 Å². The van der Waals surface area contributed by atoms with Gasteiger partial charge in [0.15, 0.2) is 0 Å². The number of aromatic nitrogens is 1. The molecule has 0 radical (unpaired) electrons. The fourth-order valence-corrected chi connectivity index (χ4v) is 2.78. The zero-order valence-corrected chi connectivity index (χ0v) is 13.3. The van der Waals surface area contributed by atoms with Crippen LogP contribution in [0.5, 0.6) is 0 Å². The van der Waals surface area contributed by atoms with Gasteiger partial charge in [0.25, 0.3) is 0 Å². The van der Waals surface area contributed by atoms with Crippen LogP contribution in [0.4, 0.5) is 4.39 Å². The van der Waals surface area contributed by atoms with Gasteiger partial charge in [-0.15, -0.1) is 11.3 Å². The highest BCUT2D eigenvalue weighted by Gasteiger charge is 2.14. The first-order valence-electron chi connectivity index (χ1n) is 6.85. The van der Waals surface area contributed by atoms with Crippen LogP contribution in [0.1, 0.15) is 32.9 Å². The summed E-state index contributed by atoms with van der Waals surface area (Å²) in [6.45, 7) is 5.85. The maximum absolute atomic E-state index is 13.7. The predicted octanol–water partition coefficient (Wildman–Crippen LogP) is 3.80. The van der Waals surface area contributed by atoms with Crippen molar-refractivity contribution in [2.24, 2.45) is 0 Å². The number of rotatable bonds is 4. The number of hydrogen-bond acceptors (Lipinski definition) is 3. The zero-order valence-electron chi connectivity index (χ0n) is 12.4. The minimum absolute atomic E-state index is 0.00272. The third-order valence-electron chi connectivity index (χ3n) is 2.78. The van der Waals surface area contributed by atoms with Gasteiger partial charge < -0.3 is 5.32 Å². The quantitative estimate of drug-likeness (QED) is 0.933. The molecule has 2 rings (SSSR count). The molecule has 1 heterocycles. The SMILES string of the molecule is CC(C)(C)NC(=O)CCc1csc(-c2ccccc2F)n1. The van der Waals surface area contributed by atoms with Crippen LogP contribution in [-0.2, 0) is 11.2 Å². The normalized spacial score (nSPS) is 11.4. The van der Waals surface area contributed by atoms with Crippen LogP contribution in [0.3, 0.4) is 0 Å². The Morgan fingerprint density at radius 3 is 2.71 bits per heavy atom. The van der Waals surface area contributed by atoms with Crippen molar-refractivity contribution >= 4 is 17.2 Å². The van der Waals surface area contributed by atoms with Gasteiger partial charge in [0.05, 0.1) is 5.69 Å². The van der Waals surface area contributed by atoms with E-state index in [-0.39, 0.29) is 17.3 Å². The Kier molecular flexibility index (Phi) is 4.73. The lowest BCUT2D eigenvalue weighted by atomic mass is 10.1. The number of nitrogens with zero attached hydrogens (tertiary/aromatic N) is 1. The van der Waals surface area contributed by atoms with Crippen LogP contribution in [0.25, 0.3) is 10.6 Å². The van der Waals surface area contributed by atoms with Gasteiger partial charge in [-0.1, -0.05) is 12.1 Å². The minimum Gasteiger partial charge on any atom is -0.351 e. The van der Waals surface area contributed by atoms with E-state index in [0.29, 0.717) is 23.4 Å². The number of amides is 1. The lowest BCUT2D eigenvalue weighted by Crippen LogP contribution is -2.40. The molecule has 3 nitrogen and oxygen atoms in total. The van der Waals surface area contributed by atoms with Crippen LogP contribution in [0, 0.1) is 5.82 Å². The number of halogens is 1. The summed E-state index contributed by atoms with van der Waals surface area (Å²) in [7, 11) is 0. The molecule has 0 aliphatic rings. The molecule has 0 fully saturated rings. The average molecular weight is 306 g/mol.